The number of hydrogen-bond acceptors (Lipinski definition) is 15. The van der Waals surface area contributed by atoms with Gasteiger partial charge in [0.15, 0.2) is 28.1 Å². The minimum Gasteiger partial charge on any atom is -0.461 e. The highest BCUT2D eigenvalue weighted by Crippen LogP contribution is 2.41. The molecule has 406 valence electrons. The Labute approximate surface area is 423 Å². The van der Waals surface area contributed by atoms with Gasteiger partial charge in [-0.1, -0.05) is 12.2 Å². The molecule has 0 saturated heterocycles. The van der Waals surface area contributed by atoms with Gasteiger partial charge >= 0.3 is 36.6 Å². The molecule has 0 radical (unpaired) electrons. The second kappa shape index (κ2) is 26.8. The molecule has 33 heteroatoms. The molecule has 0 aliphatic heterocycles. The Bertz CT molecular complexity index is 2840. The first-order chi connectivity index (χ1) is 34.8. The van der Waals surface area contributed by atoms with Gasteiger partial charge in [0.2, 0.25) is 10.0 Å². The number of carbonyl (C=O) groups excluding carboxylic acids is 3. The van der Waals surface area contributed by atoms with Gasteiger partial charge in [0, 0.05) is 36.3 Å². The summed E-state index contributed by atoms with van der Waals surface area (Å²) in [6.07, 6.45) is -18.0. The fourth-order valence-electron chi connectivity index (χ4n) is 4.99. The van der Waals surface area contributed by atoms with Crippen molar-refractivity contribution in [2.24, 2.45) is 11.5 Å². The molecule has 2 aromatic heterocycles. The number of nitrogens with zero attached hydrogens (tertiary/aromatic N) is 4. The van der Waals surface area contributed by atoms with Crippen molar-refractivity contribution in [1.82, 2.24) is 24.0 Å². The van der Waals surface area contributed by atoms with Crippen LogP contribution in [0.5, 0.6) is 23.0 Å². The molecule has 0 unspecified atom stereocenters. The quantitative estimate of drug-likeness (QED) is 0.0628. The molecule has 5 N–H and O–H groups in total. The van der Waals surface area contributed by atoms with Gasteiger partial charge in [-0.05, 0) is 85.4 Å². The van der Waals surface area contributed by atoms with Crippen LogP contribution in [0.15, 0.2) is 73.3 Å². The highest BCUT2D eigenvalue weighted by molar-refractivity contribution is 7.81. The van der Waals surface area contributed by atoms with Crippen molar-refractivity contribution in [3.63, 3.8) is 0 Å². The number of esters is 2. The summed E-state index contributed by atoms with van der Waals surface area (Å²) in [6.45, 7) is 3.29. The topological polar surface area (TPSA) is 204 Å². The van der Waals surface area contributed by atoms with E-state index in [9.17, 15) is 84.6 Å². The van der Waals surface area contributed by atoms with Crippen LogP contribution in [0.4, 0.5) is 70.2 Å². The van der Waals surface area contributed by atoms with Crippen molar-refractivity contribution in [2.75, 3.05) is 13.2 Å². The number of ether oxygens (including phenoxy) is 4. The van der Waals surface area contributed by atoms with E-state index >= 15 is 0 Å². The van der Waals surface area contributed by atoms with Crippen molar-refractivity contribution in [1.29, 1.82) is 0 Å². The maximum absolute atomic E-state index is 14.3. The molecule has 0 atom stereocenters. The summed E-state index contributed by atoms with van der Waals surface area (Å²) >= 11 is 6.08. The maximum Gasteiger partial charge on any atom is 0.416 e. The van der Waals surface area contributed by atoms with Gasteiger partial charge in [0.1, 0.15) is 35.8 Å². The number of rotatable bonds is 11. The highest BCUT2D eigenvalue weighted by atomic mass is 32.1. The summed E-state index contributed by atoms with van der Waals surface area (Å²) in [5, 5.41) is 2.53. The summed E-state index contributed by atoms with van der Waals surface area (Å²) < 4.78 is 236. The minimum absolute atomic E-state index is 0.0316. The average molecular weight is 1150 g/mol. The van der Waals surface area contributed by atoms with Crippen LogP contribution in [0.3, 0.4) is 0 Å². The third kappa shape index (κ3) is 19.5. The Hall–Kier alpha value is -7.26. The predicted octanol–water partition coefficient (Wildman–Crippen LogP) is 11.4. The molecule has 6 rings (SSSR count). The summed E-state index contributed by atoms with van der Waals surface area (Å²) in [4.78, 5) is 39.9. The minimum atomic E-state index is -5.14. The lowest BCUT2D eigenvalue weighted by molar-refractivity contribution is -0.144. The molecular weight excluding hydrogens is 1110 g/mol. The Balaban J connectivity index is 0.000000302. The lowest BCUT2D eigenvalue weighted by atomic mass is 10.1. The Kier molecular flexibility index (Phi) is 22.2. The number of amides is 1. The van der Waals surface area contributed by atoms with Crippen LogP contribution >= 0.6 is 35.3 Å². The molecule has 0 saturated carbocycles. The van der Waals surface area contributed by atoms with Gasteiger partial charge in [-0.2, -0.15) is 61.4 Å². The molecule has 1 amide bonds. The number of carbonyl (C=O) groups is 3. The van der Waals surface area contributed by atoms with Crippen molar-refractivity contribution >= 4 is 58.1 Å². The first-order valence-corrected chi connectivity index (χ1v) is 21.8. The second-order valence-electron chi connectivity index (χ2n) is 13.6. The van der Waals surface area contributed by atoms with E-state index in [1.807, 2.05) is 0 Å². The number of alkyl halides is 12. The van der Waals surface area contributed by atoms with Crippen LogP contribution in [0.25, 0.3) is 0 Å². The molecule has 0 aliphatic carbocycles. The third-order valence-electron chi connectivity index (χ3n) is 8.28. The molecule has 0 aliphatic rings. The van der Waals surface area contributed by atoms with Gasteiger partial charge in [0.25, 0.3) is 5.91 Å². The predicted molar refractivity (Wildman–Crippen MR) is 234 cm³/mol. The zero-order chi connectivity index (χ0) is 56.6. The standard InChI is InChI=1S/C18H9F8N3O2S.C15H9F8NO.C5H6N2O2S.C4H7NO2S/c19-12-5-14(13(20)1-8(12)6-27-15(30)16-28-7-29-32-16)31-11-3-9(17(21,22)23)2-10(4-11)18(24,25)26;16-11-5-13(12(17)1-7(11)6-24)25-10-3-8(14(18,19)20)2-9(4-10)15(21,22)23;1-2-9-5(8)4-6-3-7-10-4;1-2-7-4(6)3(5)8/h1-5,7H,6H2,(H,27,30);1-5H,6,24H2;3H,2H2,1H3;2H2,1H3,(H2,5,8). The van der Waals surface area contributed by atoms with Crippen molar-refractivity contribution in [3.8, 4) is 23.0 Å². The van der Waals surface area contributed by atoms with Crippen LogP contribution in [0.1, 0.15) is 66.8 Å². The maximum atomic E-state index is 14.3. The SMILES string of the molecule is CCOC(=O)C(N)=S.CCOC(=O)c1ncns1.NCc1cc(F)c(Oc2cc(C(F)(F)F)cc(C(F)(F)F)c2)cc1F.O=C(NCc1cc(F)c(Oc2cc(C(F)(F)F)cc(C(F)(F)F)c2)cc1F)c1ncns1. The molecule has 4 aromatic carbocycles. The van der Waals surface area contributed by atoms with Gasteiger partial charge in [-0.3, -0.25) is 4.79 Å². The van der Waals surface area contributed by atoms with E-state index in [0.29, 0.717) is 42.5 Å². The molecular formula is C42H31F16N7O7S3. The summed E-state index contributed by atoms with van der Waals surface area (Å²) in [7, 11) is 0. The Morgan fingerprint density at radius 1 is 0.573 bits per heavy atom. The fourth-order valence-corrected chi connectivity index (χ4v) is 5.92. The monoisotopic (exact) mass is 1150 g/mol. The van der Waals surface area contributed by atoms with Crippen molar-refractivity contribution in [2.45, 2.75) is 51.6 Å². The molecule has 0 bridgehead atoms. The van der Waals surface area contributed by atoms with E-state index in [1.165, 1.54) is 6.33 Å². The molecule has 0 fully saturated rings. The van der Waals surface area contributed by atoms with Crippen molar-refractivity contribution < 1.29 is 104 Å². The van der Waals surface area contributed by atoms with E-state index in [1.54, 1.807) is 13.8 Å². The summed E-state index contributed by atoms with van der Waals surface area (Å²) in [6, 6.07) is 2.87. The summed E-state index contributed by atoms with van der Waals surface area (Å²) in [5.74, 6) is -10.1. The first-order valence-electron chi connectivity index (χ1n) is 19.8. The lowest BCUT2D eigenvalue weighted by Gasteiger charge is -2.15. The zero-order valence-corrected chi connectivity index (χ0v) is 39.8. The Morgan fingerprint density at radius 2 is 0.960 bits per heavy atom. The fraction of sp³-hybridized carbons (Fsp3) is 0.238. The molecule has 2 heterocycles. The van der Waals surface area contributed by atoms with Crippen LogP contribution in [-0.4, -0.2) is 54.8 Å². The number of benzene rings is 4. The van der Waals surface area contributed by atoms with Gasteiger partial charge < -0.3 is 35.7 Å². The zero-order valence-electron chi connectivity index (χ0n) is 37.3. The lowest BCUT2D eigenvalue weighted by Crippen LogP contribution is -2.23. The molecule has 14 nitrogen and oxygen atoms in total. The number of hydrogen-bond donors (Lipinski definition) is 3. The number of nitrogens with one attached hydrogen (secondary N) is 1. The number of halogens is 16. The smallest absolute Gasteiger partial charge is 0.416 e. The number of nitrogens with two attached hydrogens (primary N) is 2. The largest absolute Gasteiger partial charge is 0.461 e. The number of thiocarbonyl (C=S) groups is 1. The van der Waals surface area contributed by atoms with Crippen molar-refractivity contribution in [3.05, 3.63) is 140 Å². The van der Waals surface area contributed by atoms with E-state index in [4.69, 9.17) is 20.9 Å². The third-order valence-corrected chi connectivity index (χ3v) is 9.76. The normalized spacial score (nSPS) is 11.3. The van der Waals surface area contributed by atoms with Gasteiger partial charge in [-0.15, -0.1) is 0 Å². The highest BCUT2D eigenvalue weighted by Gasteiger charge is 2.39. The van der Waals surface area contributed by atoms with E-state index in [0.717, 1.165) is 29.4 Å². The van der Waals surface area contributed by atoms with Crippen LogP contribution in [-0.2, 0) is 52.1 Å². The summed E-state index contributed by atoms with van der Waals surface area (Å²) in [5.41, 5.74) is 2.81. The average Bonchev–Trinajstić information content (AvgIpc) is 4.07. The Morgan fingerprint density at radius 3 is 1.29 bits per heavy atom. The first kappa shape index (κ1) is 62.0. The van der Waals surface area contributed by atoms with Gasteiger partial charge in [-0.25, -0.2) is 37.1 Å². The van der Waals surface area contributed by atoms with E-state index in [-0.39, 0.29) is 64.1 Å². The molecule has 6 aromatic rings. The molecule has 75 heavy (non-hydrogen) atoms. The van der Waals surface area contributed by atoms with Crippen LogP contribution in [0.2, 0.25) is 0 Å². The molecule has 0 spiro atoms. The van der Waals surface area contributed by atoms with Crippen LogP contribution < -0.4 is 26.3 Å². The van der Waals surface area contributed by atoms with Crippen LogP contribution in [0, 0.1) is 23.3 Å². The number of aromatic nitrogens is 4. The van der Waals surface area contributed by atoms with E-state index < -0.39 is 118 Å². The van der Waals surface area contributed by atoms with E-state index in [2.05, 4.69) is 45.7 Å². The second-order valence-corrected chi connectivity index (χ2v) is 15.6. The van der Waals surface area contributed by atoms with Gasteiger partial charge in [0.05, 0.1) is 35.5 Å².